The normalized spacial score (nSPS) is 12.1. The number of carboxylic acids is 1. The Morgan fingerprint density at radius 2 is 1.65 bits per heavy atom. The lowest BCUT2D eigenvalue weighted by molar-refractivity contribution is -0.152. The molecule has 1 aromatic heterocycles. The van der Waals surface area contributed by atoms with E-state index in [2.05, 4.69) is 12.0 Å². The molecule has 0 amide bonds. The first kappa shape index (κ1) is 30.1. The van der Waals surface area contributed by atoms with Crippen molar-refractivity contribution in [2.24, 2.45) is 0 Å². The minimum Gasteiger partial charge on any atom is -0.478 e. The Labute approximate surface area is 214 Å². The van der Waals surface area contributed by atoms with E-state index < -0.39 is 35.4 Å². The van der Waals surface area contributed by atoms with Gasteiger partial charge in [-0.15, -0.1) is 0 Å². The maximum atomic E-state index is 12.9. The van der Waals surface area contributed by atoms with Crippen molar-refractivity contribution in [1.82, 2.24) is 14.3 Å². The van der Waals surface area contributed by atoms with Gasteiger partial charge in [0, 0.05) is 19.5 Å². The molecule has 0 aliphatic carbocycles. The molecular weight excluding hydrogens is 491 g/mol. The number of unbranched alkanes of at least 4 members (excludes halogenated alkanes) is 3. The van der Waals surface area contributed by atoms with E-state index in [1.54, 1.807) is 24.3 Å². The number of rotatable bonds is 15. The van der Waals surface area contributed by atoms with Crippen LogP contribution in [0.1, 0.15) is 77.0 Å². The minimum atomic E-state index is -4.36. The predicted molar refractivity (Wildman–Crippen MR) is 133 cm³/mol. The van der Waals surface area contributed by atoms with Crippen LogP contribution >= 0.6 is 0 Å². The Balaban J connectivity index is 2.12. The molecule has 2 aromatic rings. The molecule has 0 radical (unpaired) electrons. The fourth-order valence-electron chi connectivity index (χ4n) is 3.77. The Hall–Kier alpha value is -3.11. The first-order valence-electron chi connectivity index (χ1n) is 12.6. The molecule has 1 heterocycles. The molecule has 8 nitrogen and oxygen atoms in total. The van der Waals surface area contributed by atoms with Crippen LogP contribution in [0.4, 0.5) is 13.2 Å². The highest BCUT2D eigenvalue weighted by molar-refractivity contribution is 5.76. The number of ether oxygens (including phenoxy) is 1. The molecule has 0 bridgehead atoms. The highest BCUT2D eigenvalue weighted by Crippen LogP contribution is 2.21. The Morgan fingerprint density at radius 3 is 2.24 bits per heavy atom. The van der Waals surface area contributed by atoms with E-state index in [4.69, 9.17) is 4.74 Å². The highest BCUT2D eigenvalue weighted by atomic mass is 19.4. The molecule has 37 heavy (non-hydrogen) atoms. The molecule has 0 saturated heterocycles. The summed E-state index contributed by atoms with van der Waals surface area (Å²) in [5.74, 6) is -0.674. The second-order valence-corrected chi connectivity index (χ2v) is 9.60. The van der Waals surface area contributed by atoms with Crippen LogP contribution in [0.2, 0.25) is 0 Å². The first-order valence-corrected chi connectivity index (χ1v) is 12.6. The zero-order valence-corrected chi connectivity index (χ0v) is 21.6. The summed E-state index contributed by atoms with van der Waals surface area (Å²) >= 11 is 0. The summed E-state index contributed by atoms with van der Waals surface area (Å²) in [6, 6.07) is 6.92. The number of hydrogen-bond acceptors (Lipinski definition) is 5. The van der Waals surface area contributed by atoms with E-state index >= 15 is 0 Å². The summed E-state index contributed by atoms with van der Waals surface area (Å²) in [6.45, 7) is 4.85. The molecule has 0 saturated carbocycles. The number of aliphatic carboxylic acids is 1. The summed E-state index contributed by atoms with van der Waals surface area (Å²) in [6.07, 6.45) is -0.732. The second kappa shape index (κ2) is 13.4. The average Bonchev–Trinajstić information content (AvgIpc) is 2.81. The van der Waals surface area contributed by atoms with Gasteiger partial charge < -0.3 is 9.84 Å². The van der Waals surface area contributed by atoms with Gasteiger partial charge >= 0.3 is 17.8 Å². The summed E-state index contributed by atoms with van der Waals surface area (Å²) in [4.78, 5) is 36.9. The van der Waals surface area contributed by atoms with Crippen LogP contribution in [0, 0.1) is 0 Å². The van der Waals surface area contributed by atoms with Crippen molar-refractivity contribution in [3.63, 3.8) is 0 Å². The molecule has 0 aliphatic heterocycles. The average molecular weight is 528 g/mol. The summed E-state index contributed by atoms with van der Waals surface area (Å²) in [5, 5.41) is 13.4. The van der Waals surface area contributed by atoms with Gasteiger partial charge in [-0.25, -0.2) is 14.3 Å². The number of hydrogen-bond donors (Lipinski definition) is 1. The number of carboxylic acid groups (broad SMARTS) is 1. The second-order valence-electron chi connectivity index (χ2n) is 9.60. The quantitative estimate of drug-likeness (QED) is 0.336. The van der Waals surface area contributed by atoms with Crippen molar-refractivity contribution in [2.45, 2.75) is 103 Å². The van der Waals surface area contributed by atoms with Crippen molar-refractivity contribution < 1.29 is 27.8 Å². The zero-order valence-electron chi connectivity index (χ0n) is 21.6. The summed E-state index contributed by atoms with van der Waals surface area (Å²) < 4.78 is 45.4. The molecule has 206 valence electrons. The fourth-order valence-corrected chi connectivity index (χ4v) is 3.77. The van der Waals surface area contributed by atoms with Crippen LogP contribution in [0.25, 0.3) is 0 Å². The molecule has 1 N–H and O–H groups in total. The third kappa shape index (κ3) is 9.70. The van der Waals surface area contributed by atoms with Crippen LogP contribution in [-0.4, -0.2) is 37.2 Å². The minimum absolute atomic E-state index is 0.199. The number of benzene rings is 1. The van der Waals surface area contributed by atoms with Crippen molar-refractivity contribution in [3.8, 4) is 5.75 Å². The van der Waals surface area contributed by atoms with Gasteiger partial charge in [0.1, 0.15) is 11.4 Å². The van der Waals surface area contributed by atoms with Gasteiger partial charge in [-0.3, -0.25) is 9.36 Å². The van der Waals surface area contributed by atoms with Crippen LogP contribution in [0.3, 0.4) is 0 Å². The van der Waals surface area contributed by atoms with Gasteiger partial charge in [-0.2, -0.15) is 18.3 Å². The highest BCUT2D eigenvalue weighted by Gasteiger charge is 2.29. The van der Waals surface area contributed by atoms with Gasteiger partial charge in [0.25, 0.3) is 5.56 Å². The molecule has 11 heteroatoms. The van der Waals surface area contributed by atoms with Gasteiger partial charge in [0.2, 0.25) is 0 Å². The number of carbonyl (C=O) groups is 1. The Kier molecular flexibility index (Phi) is 10.9. The lowest BCUT2D eigenvalue weighted by Gasteiger charge is -2.21. The maximum absolute atomic E-state index is 12.9. The monoisotopic (exact) mass is 527 g/mol. The van der Waals surface area contributed by atoms with E-state index in [0.717, 1.165) is 29.4 Å². The number of aromatic nitrogens is 3. The summed E-state index contributed by atoms with van der Waals surface area (Å²) in [7, 11) is 0. The first-order chi connectivity index (χ1) is 17.3. The molecule has 2 rings (SSSR count). The van der Waals surface area contributed by atoms with E-state index in [1.165, 1.54) is 18.5 Å². The van der Waals surface area contributed by atoms with Crippen molar-refractivity contribution >= 4 is 5.97 Å². The Morgan fingerprint density at radius 1 is 0.973 bits per heavy atom. The van der Waals surface area contributed by atoms with Gasteiger partial charge in [-0.05, 0) is 63.6 Å². The Bertz CT molecular complexity index is 1140. The maximum Gasteiger partial charge on any atom is 0.389 e. The van der Waals surface area contributed by atoms with Crippen LogP contribution in [0.5, 0.6) is 5.75 Å². The molecule has 1 aromatic carbocycles. The zero-order chi connectivity index (χ0) is 27.6. The van der Waals surface area contributed by atoms with Crippen molar-refractivity contribution in [1.29, 1.82) is 0 Å². The van der Waals surface area contributed by atoms with E-state index in [9.17, 15) is 32.7 Å². The van der Waals surface area contributed by atoms with Gasteiger partial charge in [0.15, 0.2) is 5.60 Å². The third-order valence-electron chi connectivity index (χ3n) is 5.94. The van der Waals surface area contributed by atoms with Gasteiger partial charge in [0.05, 0.1) is 0 Å². The smallest absolute Gasteiger partial charge is 0.389 e. The fraction of sp³-hybridized carbons (Fsp3) is 0.615. The summed E-state index contributed by atoms with van der Waals surface area (Å²) in [5.41, 5.74) is -1.56. The molecule has 0 atom stereocenters. The van der Waals surface area contributed by atoms with Crippen LogP contribution in [0.15, 0.2) is 33.9 Å². The van der Waals surface area contributed by atoms with Crippen LogP contribution < -0.4 is 16.0 Å². The number of nitrogens with zero attached hydrogens (tertiary/aromatic N) is 3. The number of aryl methyl sites for hydroxylation is 3. The predicted octanol–water partition coefficient (Wildman–Crippen LogP) is 4.75. The van der Waals surface area contributed by atoms with E-state index in [-0.39, 0.29) is 25.2 Å². The van der Waals surface area contributed by atoms with E-state index in [0.29, 0.717) is 31.4 Å². The number of alkyl halides is 3. The lowest BCUT2D eigenvalue weighted by atomic mass is 10.1. The largest absolute Gasteiger partial charge is 0.478 e. The van der Waals surface area contributed by atoms with E-state index in [1.807, 2.05) is 0 Å². The molecule has 0 aliphatic rings. The SMILES string of the molecule is CCCCCCc1nn(CCCc2ccc(OC(C)(C)C(=O)O)cc2)c(=O)n(CCCC(F)(F)F)c1=O. The third-order valence-corrected chi connectivity index (χ3v) is 5.94. The van der Waals surface area contributed by atoms with Crippen molar-refractivity contribution in [3.05, 3.63) is 56.4 Å². The van der Waals surface area contributed by atoms with Crippen molar-refractivity contribution in [2.75, 3.05) is 0 Å². The standard InChI is InChI=1S/C26H36F3N3O5/c1-4-5-6-7-11-21-22(33)31(17-9-16-26(27,28)29)24(36)32(30-21)18-8-10-19-12-14-20(15-13-19)37-25(2,3)23(34)35/h12-15H,4-11,16-18H2,1-3H3,(H,34,35). The van der Waals surface area contributed by atoms with Crippen LogP contribution in [-0.2, 0) is 30.7 Å². The molecule has 0 fully saturated rings. The molecular formula is C26H36F3N3O5. The molecule has 0 unspecified atom stereocenters. The van der Waals surface area contributed by atoms with Gasteiger partial charge in [-0.1, -0.05) is 38.3 Å². The lowest BCUT2D eigenvalue weighted by Crippen LogP contribution is -2.43. The number of halogens is 3. The topological polar surface area (TPSA) is 103 Å². The molecule has 0 spiro atoms.